The summed E-state index contributed by atoms with van der Waals surface area (Å²) in [6, 6.07) is 1.61. The van der Waals surface area contributed by atoms with Crippen LogP contribution in [0.2, 0.25) is 0 Å². The molecule has 0 aliphatic rings. The fourth-order valence-corrected chi connectivity index (χ4v) is 2.47. The topological polar surface area (TPSA) is 83.5 Å². The molecular formula is C7H9NO4S2. The molecule has 0 spiro atoms. The standard InChI is InChI=1S/C7H9NO4S2/c9-7(10)2-4-14(11,12)8-6-1-3-13-5-6/h1,3,5,8H,2,4H2,(H,9,10). The summed E-state index contributed by atoms with van der Waals surface area (Å²) in [5.41, 5.74) is 0.473. The van der Waals surface area contributed by atoms with Crippen molar-refractivity contribution in [2.45, 2.75) is 6.42 Å². The van der Waals surface area contributed by atoms with Crippen molar-refractivity contribution in [1.82, 2.24) is 0 Å². The molecule has 2 N–H and O–H groups in total. The van der Waals surface area contributed by atoms with Crippen LogP contribution in [0.15, 0.2) is 16.8 Å². The molecule has 5 nitrogen and oxygen atoms in total. The number of sulfonamides is 1. The van der Waals surface area contributed by atoms with E-state index in [2.05, 4.69) is 4.72 Å². The number of carboxylic acids is 1. The van der Waals surface area contributed by atoms with Gasteiger partial charge in [-0.25, -0.2) is 8.42 Å². The van der Waals surface area contributed by atoms with Crippen LogP contribution in [0.1, 0.15) is 6.42 Å². The van der Waals surface area contributed by atoms with Gasteiger partial charge in [0.1, 0.15) is 0 Å². The minimum Gasteiger partial charge on any atom is -0.481 e. The lowest BCUT2D eigenvalue weighted by molar-refractivity contribution is -0.136. The molecule has 1 heterocycles. The van der Waals surface area contributed by atoms with Gasteiger partial charge in [0.05, 0.1) is 17.9 Å². The molecular weight excluding hydrogens is 226 g/mol. The van der Waals surface area contributed by atoms with Gasteiger partial charge in [-0.1, -0.05) is 0 Å². The van der Waals surface area contributed by atoms with Crippen molar-refractivity contribution in [3.05, 3.63) is 16.8 Å². The van der Waals surface area contributed by atoms with Gasteiger partial charge < -0.3 is 5.11 Å². The predicted molar refractivity (Wildman–Crippen MR) is 54.0 cm³/mol. The molecule has 78 valence electrons. The second-order valence-electron chi connectivity index (χ2n) is 2.58. The van der Waals surface area contributed by atoms with Crippen LogP contribution in [0.25, 0.3) is 0 Å². The van der Waals surface area contributed by atoms with Crippen molar-refractivity contribution in [3.8, 4) is 0 Å². The molecule has 0 aliphatic carbocycles. The number of anilines is 1. The Morgan fingerprint density at radius 2 is 2.29 bits per heavy atom. The van der Waals surface area contributed by atoms with Gasteiger partial charge in [-0.05, 0) is 11.4 Å². The summed E-state index contributed by atoms with van der Waals surface area (Å²) < 4.78 is 24.7. The number of rotatable bonds is 5. The summed E-state index contributed by atoms with van der Waals surface area (Å²) in [5.74, 6) is -1.53. The van der Waals surface area contributed by atoms with Crippen LogP contribution in [0, 0.1) is 0 Å². The first-order valence-corrected chi connectivity index (χ1v) is 6.33. The first-order valence-electron chi connectivity index (χ1n) is 3.74. The monoisotopic (exact) mass is 235 g/mol. The zero-order chi connectivity index (χ0) is 10.6. The molecule has 7 heteroatoms. The summed E-state index contributed by atoms with van der Waals surface area (Å²) in [4.78, 5) is 10.2. The lowest BCUT2D eigenvalue weighted by Crippen LogP contribution is -2.18. The van der Waals surface area contributed by atoms with Crippen LogP contribution < -0.4 is 4.72 Å². The molecule has 0 fully saturated rings. The predicted octanol–water partition coefficient (Wildman–Crippen LogP) is 0.964. The second-order valence-corrected chi connectivity index (χ2v) is 5.20. The number of nitrogens with one attached hydrogen (secondary N) is 1. The van der Waals surface area contributed by atoms with E-state index in [0.717, 1.165) is 0 Å². The van der Waals surface area contributed by atoms with E-state index in [1.165, 1.54) is 11.3 Å². The number of thiophene rings is 1. The molecule has 1 aromatic rings. The molecule has 1 rings (SSSR count). The maximum atomic E-state index is 11.2. The van der Waals surface area contributed by atoms with Crippen molar-refractivity contribution in [3.63, 3.8) is 0 Å². The molecule has 1 aromatic heterocycles. The van der Waals surface area contributed by atoms with Crippen molar-refractivity contribution in [2.24, 2.45) is 0 Å². The Balaban J connectivity index is 2.55. The SMILES string of the molecule is O=C(O)CCS(=O)(=O)Nc1ccsc1. The van der Waals surface area contributed by atoms with E-state index in [9.17, 15) is 13.2 Å². The summed E-state index contributed by atoms with van der Waals surface area (Å²) in [7, 11) is -3.52. The highest BCUT2D eigenvalue weighted by Gasteiger charge is 2.12. The molecule has 0 saturated carbocycles. The molecule has 0 atom stereocenters. The minimum absolute atomic E-state index is 0.389. The minimum atomic E-state index is -3.52. The Labute approximate surface area is 85.4 Å². The van der Waals surface area contributed by atoms with E-state index in [0.29, 0.717) is 5.69 Å². The van der Waals surface area contributed by atoms with Crippen LogP contribution in [0.4, 0.5) is 5.69 Å². The van der Waals surface area contributed by atoms with Gasteiger partial charge in [0.15, 0.2) is 0 Å². The third-order valence-corrected chi connectivity index (χ3v) is 3.35. The lowest BCUT2D eigenvalue weighted by atomic mass is 10.5. The Bertz CT molecular complexity index is 395. The number of hydrogen-bond acceptors (Lipinski definition) is 4. The number of carboxylic acid groups (broad SMARTS) is 1. The van der Waals surface area contributed by atoms with Crippen LogP contribution in [-0.4, -0.2) is 25.2 Å². The zero-order valence-corrected chi connectivity index (χ0v) is 8.77. The second kappa shape index (κ2) is 4.43. The van der Waals surface area contributed by atoms with Gasteiger partial charge in [0, 0.05) is 5.38 Å². The maximum Gasteiger partial charge on any atom is 0.304 e. The Kier molecular flexibility index (Phi) is 3.48. The molecule has 14 heavy (non-hydrogen) atoms. The van der Waals surface area contributed by atoms with E-state index in [1.807, 2.05) is 0 Å². The third kappa shape index (κ3) is 3.75. The van der Waals surface area contributed by atoms with Gasteiger partial charge in [0.25, 0.3) is 0 Å². The summed E-state index contributed by atoms with van der Waals surface area (Å²) >= 11 is 1.36. The van der Waals surface area contributed by atoms with Crippen molar-refractivity contribution in [1.29, 1.82) is 0 Å². The fourth-order valence-electron chi connectivity index (χ4n) is 0.775. The molecule has 0 radical (unpaired) electrons. The molecule has 0 amide bonds. The molecule has 0 aromatic carbocycles. The zero-order valence-electron chi connectivity index (χ0n) is 7.13. The van der Waals surface area contributed by atoms with Gasteiger partial charge in [0.2, 0.25) is 10.0 Å². The summed E-state index contributed by atoms with van der Waals surface area (Å²) in [5, 5.41) is 11.7. The Morgan fingerprint density at radius 1 is 1.57 bits per heavy atom. The van der Waals surface area contributed by atoms with Gasteiger partial charge in [-0.3, -0.25) is 9.52 Å². The third-order valence-electron chi connectivity index (χ3n) is 1.38. The van der Waals surface area contributed by atoms with Gasteiger partial charge in [-0.2, -0.15) is 11.3 Å². The van der Waals surface area contributed by atoms with Crippen LogP contribution in [0.5, 0.6) is 0 Å². The van der Waals surface area contributed by atoms with E-state index in [4.69, 9.17) is 5.11 Å². The van der Waals surface area contributed by atoms with Gasteiger partial charge >= 0.3 is 5.97 Å². The van der Waals surface area contributed by atoms with E-state index in [1.54, 1.807) is 16.8 Å². The van der Waals surface area contributed by atoms with E-state index >= 15 is 0 Å². The summed E-state index contributed by atoms with van der Waals surface area (Å²) in [6.45, 7) is 0. The first kappa shape index (κ1) is 11.0. The number of carbonyl (C=O) groups is 1. The highest BCUT2D eigenvalue weighted by atomic mass is 32.2. The van der Waals surface area contributed by atoms with E-state index < -0.39 is 21.7 Å². The number of hydrogen-bond donors (Lipinski definition) is 2. The molecule has 0 bridgehead atoms. The average Bonchev–Trinajstić information content (AvgIpc) is 2.53. The van der Waals surface area contributed by atoms with Gasteiger partial charge in [-0.15, -0.1) is 0 Å². The van der Waals surface area contributed by atoms with E-state index in [-0.39, 0.29) is 6.42 Å². The highest BCUT2D eigenvalue weighted by Crippen LogP contribution is 2.13. The Morgan fingerprint density at radius 3 is 2.79 bits per heavy atom. The highest BCUT2D eigenvalue weighted by molar-refractivity contribution is 7.92. The quantitative estimate of drug-likeness (QED) is 0.796. The van der Waals surface area contributed by atoms with Crippen LogP contribution in [0.3, 0.4) is 0 Å². The molecule has 0 saturated heterocycles. The largest absolute Gasteiger partial charge is 0.481 e. The molecule has 0 aliphatic heterocycles. The normalized spacial score (nSPS) is 11.1. The van der Waals surface area contributed by atoms with Crippen LogP contribution >= 0.6 is 11.3 Å². The van der Waals surface area contributed by atoms with Crippen LogP contribution in [-0.2, 0) is 14.8 Å². The van der Waals surface area contributed by atoms with Crippen molar-refractivity contribution >= 4 is 33.0 Å². The first-order chi connectivity index (χ1) is 6.49. The maximum absolute atomic E-state index is 11.2. The smallest absolute Gasteiger partial charge is 0.304 e. The average molecular weight is 235 g/mol. The fraction of sp³-hybridized carbons (Fsp3) is 0.286. The summed E-state index contributed by atoms with van der Waals surface area (Å²) in [6.07, 6.45) is -0.389. The van der Waals surface area contributed by atoms with Crippen molar-refractivity contribution < 1.29 is 18.3 Å². The Hall–Kier alpha value is -1.08. The van der Waals surface area contributed by atoms with Crippen molar-refractivity contribution in [2.75, 3.05) is 10.5 Å². The number of aliphatic carboxylic acids is 1. The molecule has 0 unspecified atom stereocenters. The lowest BCUT2D eigenvalue weighted by Gasteiger charge is -2.03.